The van der Waals surface area contributed by atoms with Gasteiger partial charge in [0.05, 0.1) is 29.5 Å². The summed E-state index contributed by atoms with van der Waals surface area (Å²) in [6, 6.07) is 5.17. The van der Waals surface area contributed by atoms with Gasteiger partial charge in [-0.15, -0.1) is 0 Å². The van der Waals surface area contributed by atoms with E-state index >= 15 is 0 Å². The van der Waals surface area contributed by atoms with E-state index in [4.69, 9.17) is 4.74 Å². The van der Waals surface area contributed by atoms with Crippen molar-refractivity contribution in [3.8, 4) is 0 Å². The normalized spacial score (nSPS) is 20.0. The number of nitrogens with one attached hydrogen (secondary N) is 2. The second kappa shape index (κ2) is 5.39. The molecule has 2 aliphatic rings. The van der Waals surface area contributed by atoms with Crippen LogP contribution in [-0.2, 0) is 9.53 Å². The number of carbonyl (C=O) groups excluding carboxylic acids is 2. The summed E-state index contributed by atoms with van der Waals surface area (Å²) in [6.45, 7) is 0.621. The highest BCUT2D eigenvalue weighted by atomic mass is 16.5. The van der Waals surface area contributed by atoms with E-state index in [1.807, 2.05) is 0 Å². The summed E-state index contributed by atoms with van der Waals surface area (Å²) < 4.78 is 4.74. The number of amides is 1. The lowest BCUT2D eigenvalue weighted by Gasteiger charge is -2.34. The number of anilines is 2. The average molecular weight is 288 g/mol. The molecule has 1 aliphatic heterocycles. The molecule has 5 nitrogen and oxygen atoms in total. The van der Waals surface area contributed by atoms with Gasteiger partial charge in [0.25, 0.3) is 0 Å². The van der Waals surface area contributed by atoms with Crippen molar-refractivity contribution in [3.63, 3.8) is 0 Å². The van der Waals surface area contributed by atoms with Gasteiger partial charge in [0.15, 0.2) is 0 Å². The van der Waals surface area contributed by atoms with E-state index in [9.17, 15) is 9.59 Å². The van der Waals surface area contributed by atoms with Gasteiger partial charge < -0.3 is 15.4 Å². The Morgan fingerprint density at radius 3 is 2.67 bits per heavy atom. The number of hydrogen-bond acceptors (Lipinski definition) is 4. The molecule has 0 radical (unpaired) electrons. The first-order chi connectivity index (χ1) is 10.1. The minimum atomic E-state index is -0.373. The molecule has 1 heterocycles. The molecule has 112 valence electrons. The first-order valence-electron chi connectivity index (χ1n) is 7.42. The van der Waals surface area contributed by atoms with E-state index in [1.54, 1.807) is 18.2 Å². The van der Waals surface area contributed by atoms with Crippen molar-refractivity contribution >= 4 is 23.3 Å². The zero-order valence-electron chi connectivity index (χ0n) is 12.2. The van der Waals surface area contributed by atoms with Gasteiger partial charge in [-0.1, -0.05) is 19.3 Å². The molecule has 1 fully saturated rings. The Bertz CT molecular complexity index is 577. The van der Waals surface area contributed by atoms with Crippen molar-refractivity contribution in [1.29, 1.82) is 0 Å². The second-order valence-electron chi connectivity index (χ2n) is 5.90. The summed E-state index contributed by atoms with van der Waals surface area (Å²) >= 11 is 0. The van der Waals surface area contributed by atoms with Crippen LogP contribution in [-0.4, -0.2) is 25.5 Å². The summed E-state index contributed by atoms with van der Waals surface area (Å²) in [7, 11) is 1.36. The Balaban J connectivity index is 1.89. The zero-order chi connectivity index (χ0) is 14.9. The molecule has 0 aromatic heterocycles. The van der Waals surface area contributed by atoms with Gasteiger partial charge in [0.2, 0.25) is 5.91 Å². The second-order valence-corrected chi connectivity index (χ2v) is 5.90. The molecule has 5 heteroatoms. The quantitative estimate of drug-likeness (QED) is 0.780. The van der Waals surface area contributed by atoms with E-state index < -0.39 is 0 Å². The SMILES string of the molecule is COC(=O)c1ccc2c(c1)NCC1(CCCCC1)C(=O)N2. The Morgan fingerprint density at radius 2 is 1.95 bits per heavy atom. The van der Waals surface area contributed by atoms with Crippen LogP contribution in [0.2, 0.25) is 0 Å². The molecular formula is C16H20N2O3. The molecule has 2 N–H and O–H groups in total. The molecule has 1 spiro atoms. The number of fused-ring (bicyclic) bond motifs is 1. The Morgan fingerprint density at radius 1 is 1.19 bits per heavy atom. The number of methoxy groups -OCH3 is 1. The largest absolute Gasteiger partial charge is 0.465 e. The minimum Gasteiger partial charge on any atom is -0.465 e. The van der Waals surface area contributed by atoms with Crippen molar-refractivity contribution in [1.82, 2.24) is 0 Å². The van der Waals surface area contributed by atoms with E-state index in [0.717, 1.165) is 37.1 Å². The lowest BCUT2D eigenvalue weighted by atomic mass is 9.73. The first-order valence-corrected chi connectivity index (χ1v) is 7.42. The predicted molar refractivity (Wildman–Crippen MR) is 80.4 cm³/mol. The molecule has 0 bridgehead atoms. The maximum Gasteiger partial charge on any atom is 0.337 e. The number of rotatable bonds is 1. The molecule has 0 atom stereocenters. The van der Waals surface area contributed by atoms with Crippen LogP contribution >= 0.6 is 0 Å². The maximum atomic E-state index is 12.6. The molecule has 0 unspecified atom stereocenters. The van der Waals surface area contributed by atoms with Crippen LogP contribution in [0.5, 0.6) is 0 Å². The maximum absolute atomic E-state index is 12.6. The summed E-state index contributed by atoms with van der Waals surface area (Å²) in [4.78, 5) is 24.2. The molecule has 1 aromatic carbocycles. The molecule has 1 saturated carbocycles. The minimum absolute atomic E-state index is 0.0965. The van der Waals surface area contributed by atoms with E-state index in [2.05, 4.69) is 10.6 Å². The summed E-state index contributed by atoms with van der Waals surface area (Å²) in [5.74, 6) is -0.276. The third-order valence-corrected chi connectivity index (χ3v) is 4.60. The number of ether oxygens (including phenoxy) is 1. The molecule has 0 saturated heterocycles. The van der Waals surface area contributed by atoms with Crippen molar-refractivity contribution in [2.24, 2.45) is 5.41 Å². The van der Waals surface area contributed by atoms with Gasteiger partial charge in [-0.25, -0.2) is 4.79 Å². The molecule has 1 aromatic rings. The van der Waals surface area contributed by atoms with Crippen LogP contribution in [0.25, 0.3) is 0 Å². The van der Waals surface area contributed by atoms with Gasteiger partial charge in [0.1, 0.15) is 0 Å². The van der Waals surface area contributed by atoms with Crippen molar-refractivity contribution in [3.05, 3.63) is 23.8 Å². The van der Waals surface area contributed by atoms with Crippen LogP contribution in [0.15, 0.2) is 18.2 Å². The van der Waals surface area contributed by atoms with Gasteiger partial charge in [0, 0.05) is 6.54 Å². The van der Waals surface area contributed by atoms with Gasteiger partial charge in [-0.2, -0.15) is 0 Å². The van der Waals surface area contributed by atoms with Crippen LogP contribution in [0.1, 0.15) is 42.5 Å². The van der Waals surface area contributed by atoms with Crippen molar-refractivity contribution < 1.29 is 14.3 Å². The van der Waals surface area contributed by atoms with E-state index in [-0.39, 0.29) is 17.3 Å². The number of hydrogen-bond donors (Lipinski definition) is 2. The highest BCUT2D eigenvalue weighted by molar-refractivity contribution is 6.01. The zero-order valence-corrected chi connectivity index (χ0v) is 12.2. The molecule has 21 heavy (non-hydrogen) atoms. The van der Waals surface area contributed by atoms with E-state index in [0.29, 0.717) is 12.1 Å². The van der Waals surface area contributed by atoms with Crippen molar-refractivity contribution in [2.75, 3.05) is 24.3 Å². The Hall–Kier alpha value is -2.04. The fourth-order valence-electron chi connectivity index (χ4n) is 3.28. The summed E-state index contributed by atoms with van der Waals surface area (Å²) in [6.07, 6.45) is 5.24. The smallest absolute Gasteiger partial charge is 0.337 e. The molecular weight excluding hydrogens is 268 g/mol. The van der Waals surface area contributed by atoms with Crippen LogP contribution in [0.4, 0.5) is 11.4 Å². The van der Waals surface area contributed by atoms with Crippen LogP contribution < -0.4 is 10.6 Å². The number of benzene rings is 1. The molecule has 3 rings (SSSR count). The summed E-state index contributed by atoms with van der Waals surface area (Å²) in [5.41, 5.74) is 1.68. The third-order valence-electron chi connectivity index (χ3n) is 4.60. The average Bonchev–Trinajstić information content (AvgIpc) is 2.65. The first kappa shape index (κ1) is 13.9. The third kappa shape index (κ3) is 2.48. The molecule has 1 aliphatic carbocycles. The Labute approximate surface area is 124 Å². The lowest BCUT2D eigenvalue weighted by Crippen LogP contribution is -2.41. The lowest BCUT2D eigenvalue weighted by molar-refractivity contribution is -0.126. The highest BCUT2D eigenvalue weighted by Crippen LogP contribution is 2.40. The van der Waals surface area contributed by atoms with Crippen LogP contribution in [0, 0.1) is 5.41 Å². The van der Waals surface area contributed by atoms with Crippen LogP contribution in [0.3, 0.4) is 0 Å². The van der Waals surface area contributed by atoms with Gasteiger partial charge >= 0.3 is 5.97 Å². The molecule has 1 amide bonds. The van der Waals surface area contributed by atoms with Crippen molar-refractivity contribution in [2.45, 2.75) is 32.1 Å². The van der Waals surface area contributed by atoms with Gasteiger partial charge in [-0.3, -0.25) is 4.79 Å². The highest BCUT2D eigenvalue weighted by Gasteiger charge is 2.41. The standard InChI is InChI=1S/C16H20N2O3/c1-21-14(19)11-5-6-12-13(9-11)17-10-16(15(20)18-12)7-3-2-4-8-16/h5-6,9,17H,2-4,7-8,10H2,1H3,(H,18,20). The van der Waals surface area contributed by atoms with Gasteiger partial charge in [-0.05, 0) is 31.0 Å². The van der Waals surface area contributed by atoms with E-state index in [1.165, 1.54) is 13.5 Å². The fraction of sp³-hybridized carbons (Fsp3) is 0.500. The number of esters is 1. The Kier molecular flexibility index (Phi) is 3.57. The summed E-state index contributed by atoms with van der Waals surface area (Å²) in [5, 5.41) is 6.36. The monoisotopic (exact) mass is 288 g/mol. The predicted octanol–water partition coefficient (Wildman–Crippen LogP) is 2.79. The topological polar surface area (TPSA) is 67.4 Å². The number of carbonyl (C=O) groups is 2. The fourth-order valence-corrected chi connectivity index (χ4v) is 3.28.